The van der Waals surface area contributed by atoms with Gasteiger partial charge in [-0.1, -0.05) is 42.6 Å². The van der Waals surface area contributed by atoms with Crippen molar-refractivity contribution in [3.63, 3.8) is 0 Å². The van der Waals surface area contributed by atoms with Crippen LogP contribution < -0.4 is 15.2 Å². The highest BCUT2D eigenvalue weighted by atomic mass is 35.5. The van der Waals surface area contributed by atoms with E-state index in [1.165, 1.54) is 40.0 Å². The fourth-order valence-corrected chi connectivity index (χ4v) is 6.27. The molecule has 0 bridgehead atoms. The molecule has 2 fully saturated rings. The number of nitro benzene ring substituents is 1. The van der Waals surface area contributed by atoms with Gasteiger partial charge in [0, 0.05) is 43.3 Å². The quantitative estimate of drug-likeness (QED) is 0.266. The first-order valence-corrected chi connectivity index (χ1v) is 14.7. The predicted molar refractivity (Wildman–Crippen MR) is 147 cm³/mol. The van der Waals surface area contributed by atoms with Gasteiger partial charge in [0.25, 0.3) is 5.69 Å². The number of nitro groups is 1. The number of non-ortho nitro benzene ring substituents is 1. The summed E-state index contributed by atoms with van der Waals surface area (Å²) in [6.45, 7) is 1.45. The van der Waals surface area contributed by atoms with Gasteiger partial charge < -0.3 is 9.64 Å². The first kappa shape index (κ1) is 27.1. The Balaban J connectivity index is 1.33. The highest BCUT2D eigenvalue weighted by Gasteiger charge is 2.30. The van der Waals surface area contributed by atoms with E-state index in [0.29, 0.717) is 47.6 Å². The van der Waals surface area contributed by atoms with Crippen molar-refractivity contribution in [3.8, 4) is 11.4 Å². The van der Waals surface area contributed by atoms with E-state index in [9.17, 15) is 23.3 Å². The highest BCUT2D eigenvalue weighted by Crippen LogP contribution is 2.33. The summed E-state index contributed by atoms with van der Waals surface area (Å²) in [5, 5.41) is 15.9. The Hall–Kier alpha value is -3.48. The molecule has 13 heteroatoms. The molecule has 2 heterocycles. The molecule has 5 rings (SSSR count). The van der Waals surface area contributed by atoms with Crippen LogP contribution in [-0.4, -0.2) is 60.2 Å². The minimum absolute atomic E-state index is 0.151. The first-order valence-electron chi connectivity index (χ1n) is 12.7. The van der Waals surface area contributed by atoms with Crippen LogP contribution in [0.15, 0.2) is 59.5 Å². The average molecular weight is 574 g/mol. The molecule has 2 aliphatic rings. The molecular weight excluding hydrogens is 546 g/mol. The largest absolute Gasteiger partial charge is 0.486 e. The number of piperazine rings is 1. The van der Waals surface area contributed by atoms with Crippen LogP contribution in [-0.2, 0) is 15.8 Å². The maximum Gasteiger partial charge on any atom is 0.316 e. The van der Waals surface area contributed by atoms with Crippen LogP contribution in [0, 0.1) is 16.0 Å². The van der Waals surface area contributed by atoms with Crippen molar-refractivity contribution in [1.82, 2.24) is 14.1 Å². The van der Waals surface area contributed by atoms with Crippen LogP contribution in [0.25, 0.3) is 5.69 Å². The normalized spacial score (nSPS) is 16.3. The summed E-state index contributed by atoms with van der Waals surface area (Å²) in [6, 6.07) is 12.5. The molecule has 0 atom stereocenters. The second-order valence-corrected chi connectivity index (χ2v) is 12.1. The lowest BCUT2D eigenvalue weighted by Gasteiger charge is -2.35. The topological polar surface area (TPSA) is 128 Å². The second kappa shape index (κ2) is 11.3. The van der Waals surface area contributed by atoms with Crippen molar-refractivity contribution in [3.05, 3.63) is 85.8 Å². The molecule has 0 amide bonds. The summed E-state index contributed by atoms with van der Waals surface area (Å²) in [5.74, 6) is 0.477. The molecule has 3 aromatic rings. The summed E-state index contributed by atoms with van der Waals surface area (Å²) in [5.41, 5.74) is 0.827. The third-order valence-electron chi connectivity index (χ3n) is 6.88. The van der Waals surface area contributed by atoms with Gasteiger partial charge in [-0.2, -0.15) is 14.1 Å². The zero-order chi connectivity index (χ0) is 27.6. The van der Waals surface area contributed by atoms with Crippen molar-refractivity contribution in [2.45, 2.75) is 25.0 Å². The zero-order valence-corrected chi connectivity index (χ0v) is 22.7. The number of ether oxygens (including phenoxy) is 1. The lowest BCUT2D eigenvalue weighted by atomic mass is 10.2. The molecule has 39 heavy (non-hydrogen) atoms. The lowest BCUT2D eigenvalue weighted by molar-refractivity contribution is -0.384. The minimum Gasteiger partial charge on any atom is -0.486 e. The van der Waals surface area contributed by atoms with E-state index < -0.39 is 20.5 Å². The van der Waals surface area contributed by atoms with Crippen LogP contribution in [0.2, 0.25) is 5.02 Å². The van der Waals surface area contributed by atoms with E-state index in [-0.39, 0.29) is 30.3 Å². The maximum absolute atomic E-state index is 13.5. The molecule has 2 aromatic carbocycles. The van der Waals surface area contributed by atoms with Gasteiger partial charge in [0.05, 0.1) is 29.2 Å². The van der Waals surface area contributed by atoms with E-state index in [2.05, 4.69) is 5.10 Å². The highest BCUT2D eigenvalue weighted by molar-refractivity contribution is 7.88. The van der Waals surface area contributed by atoms with Crippen molar-refractivity contribution in [2.75, 3.05) is 37.7 Å². The molecule has 206 valence electrons. The van der Waals surface area contributed by atoms with Crippen molar-refractivity contribution < 1.29 is 18.1 Å². The van der Waals surface area contributed by atoms with Gasteiger partial charge in [0.15, 0.2) is 0 Å². The van der Waals surface area contributed by atoms with Gasteiger partial charge in [-0.15, -0.1) is 0 Å². The molecule has 1 aliphatic carbocycles. The molecular formula is C26H28ClN5O6S. The Labute approximate surface area is 230 Å². The van der Waals surface area contributed by atoms with Gasteiger partial charge in [-0.3, -0.25) is 14.9 Å². The third-order valence-corrected chi connectivity index (χ3v) is 8.97. The van der Waals surface area contributed by atoms with Crippen LogP contribution >= 0.6 is 11.6 Å². The van der Waals surface area contributed by atoms with Crippen molar-refractivity contribution in [1.29, 1.82) is 0 Å². The third kappa shape index (κ3) is 6.40. The molecule has 0 unspecified atom stereocenters. The smallest absolute Gasteiger partial charge is 0.316 e. The van der Waals surface area contributed by atoms with Crippen LogP contribution in [0.1, 0.15) is 24.8 Å². The number of halogens is 1. The number of aromatic nitrogens is 2. The summed E-state index contributed by atoms with van der Waals surface area (Å²) in [4.78, 5) is 25.9. The van der Waals surface area contributed by atoms with Crippen LogP contribution in [0.3, 0.4) is 0 Å². The lowest BCUT2D eigenvalue weighted by Crippen LogP contribution is -2.49. The molecule has 1 saturated carbocycles. The Morgan fingerprint density at radius 2 is 1.82 bits per heavy atom. The Morgan fingerprint density at radius 1 is 1.08 bits per heavy atom. The molecule has 0 radical (unpaired) electrons. The van der Waals surface area contributed by atoms with E-state index in [1.807, 2.05) is 4.90 Å². The van der Waals surface area contributed by atoms with Gasteiger partial charge >= 0.3 is 5.56 Å². The van der Waals surface area contributed by atoms with Gasteiger partial charge in [0.1, 0.15) is 5.69 Å². The number of anilines is 1. The average Bonchev–Trinajstić information content (AvgIpc) is 3.74. The van der Waals surface area contributed by atoms with Gasteiger partial charge in [-0.25, -0.2) is 8.42 Å². The van der Waals surface area contributed by atoms with Crippen LogP contribution in [0.5, 0.6) is 5.75 Å². The van der Waals surface area contributed by atoms with E-state index in [0.717, 1.165) is 6.42 Å². The van der Waals surface area contributed by atoms with Gasteiger partial charge in [-0.05, 0) is 36.1 Å². The minimum atomic E-state index is -3.71. The number of hydrogen-bond donors (Lipinski definition) is 0. The number of hydrogen-bond acceptors (Lipinski definition) is 8. The van der Waals surface area contributed by atoms with Crippen molar-refractivity contribution in [2.24, 2.45) is 5.92 Å². The van der Waals surface area contributed by atoms with E-state index >= 15 is 0 Å². The van der Waals surface area contributed by atoms with Crippen LogP contribution in [0.4, 0.5) is 11.4 Å². The molecule has 0 N–H and O–H groups in total. The van der Waals surface area contributed by atoms with Gasteiger partial charge in [0.2, 0.25) is 15.8 Å². The number of nitrogens with zero attached hydrogens (tertiary/aromatic N) is 5. The Bertz CT molecular complexity index is 1530. The Morgan fingerprint density at radius 3 is 2.51 bits per heavy atom. The fraction of sp³-hybridized carbons (Fsp3) is 0.385. The first-order chi connectivity index (χ1) is 18.7. The van der Waals surface area contributed by atoms with Crippen molar-refractivity contribution >= 4 is 33.0 Å². The molecule has 1 aliphatic heterocycles. The van der Waals surface area contributed by atoms with E-state index in [4.69, 9.17) is 16.3 Å². The Kier molecular flexibility index (Phi) is 7.87. The molecule has 11 nitrogen and oxygen atoms in total. The number of sulfonamides is 1. The zero-order valence-electron chi connectivity index (χ0n) is 21.1. The second-order valence-electron chi connectivity index (χ2n) is 9.71. The summed E-state index contributed by atoms with van der Waals surface area (Å²) >= 11 is 6.12. The maximum atomic E-state index is 13.5. The summed E-state index contributed by atoms with van der Waals surface area (Å²) < 4.78 is 34.8. The monoisotopic (exact) mass is 573 g/mol. The van der Waals surface area contributed by atoms with E-state index in [1.54, 1.807) is 36.5 Å². The standard InChI is InChI=1S/C26H28ClN5O6S/c27-21-4-2-5-22(16-21)31-26(33)25(38-14-9-19-7-8-19)24(17-28-31)29-10-12-30(13-11-29)39(36,37)18-20-3-1-6-23(15-20)32(34)35/h1-6,15-17,19H,7-14,18H2. The fourth-order valence-electron chi connectivity index (χ4n) is 4.59. The molecule has 1 aromatic heterocycles. The summed E-state index contributed by atoms with van der Waals surface area (Å²) in [7, 11) is -3.71. The molecule has 0 spiro atoms. The number of benzene rings is 2. The SMILES string of the molecule is O=c1c(OCCC2CC2)c(N2CCN(S(=O)(=O)Cc3cccc([N+](=O)[O-])c3)CC2)cnn1-c1cccc(Cl)c1. The predicted octanol–water partition coefficient (Wildman–Crippen LogP) is 3.63. The summed E-state index contributed by atoms with van der Waals surface area (Å²) in [6.07, 6.45) is 4.78. The molecule has 1 saturated heterocycles. The number of rotatable bonds is 10.